The van der Waals surface area contributed by atoms with Crippen LogP contribution >= 0.6 is 24.0 Å². The molecule has 178 valence electrons. The number of halogens is 5. The highest BCUT2D eigenvalue weighted by molar-refractivity contribution is 14.0. The minimum Gasteiger partial charge on any atom is -0.357 e. The van der Waals surface area contributed by atoms with Crippen LogP contribution in [0, 0.1) is 12.7 Å². The van der Waals surface area contributed by atoms with Crippen molar-refractivity contribution in [3.8, 4) is 0 Å². The molecule has 0 atom stereocenters. The average molecular weight is 575 g/mol. The lowest BCUT2D eigenvalue weighted by Gasteiger charge is -2.16. The molecule has 0 aliphatic carbocycles. The van der Waals surface area contributed by atoms with E-state index in [4.69, 9.17) is 0 Å². The zero-order valence-corrected chi connectivity index (χ0v) is 20.6. The van der Waals surface area contributed by atoms with E-state index in [0.29, 0.717) is 31.7 Å². The van der Waals surface area contributed by atoms with Gasteiger partial charge in [-0.3, -0.25) is 0 Å². The number of aliphatic imine (C=N–C) groups is 1. The number of nitrogens with one attached hydrogen (secondary N) is 2. The first-order valence-corrected chi connectivity index (χ1v) is 10.2. The summed E-state index contributed by atoms with van der Waals surface area (Å²) >= 11 is 0. The molecule has 0 aliphatic rings. The normalized spacial score (nSPS) is 11.8. The molecular weight excluding hydrogens is 549 g/mol. The van der Waals surface area contributed by atoms with Crippen molar-refractivity contribution in [2.75, 3.05) is 6.54 Å². The van der Waals surface area contributed by atoms with Gasteiger partial charge in [-0.1, -0.05) is 30.3 Å². The molecule has 1 heterocycles. The highest BCUT2D eigenvalue weighted by atomic mass is 127. The maximum atomic E-state index is 13.3. The molecule has 3 rings (SSSR count). The first-order chi connectivity index (χ1) is 15.3. The van der Waals surface area contributed by atoms with Gasteiger partial charge in [0.05, 0.1) is 12.1 Å². The van der Waals surface area contributed by atoms with Crippen molar-refractivity contribution < 1.29 is 17.6 Å². The van der Waals surface area contributed by atoms with E-state index >= 15 is 0 Å². The first-order valence-electron chi connectivity index (χ1n) is 10.2. The smallest absolute Gasteiger partial charge is 0.357 e. The number of guanidine groups is 1. The highest BCUT2D eigenvalue weighted by Gasteiger charge is 2.33. The summed E-state index contributed by atoms with van der Waals surface area (Å²) in [5.74, 6) is 0.374. The maximum Gasteiger partial charge on any atom is 0.416 e. The Morgan fingerprint density at radius 3 is 2.52 bits per heavy atom. The highest BCUT2D eigenvalue weighted by Crippen LogP contribution is 2.32. The van der Waals surface area contributed by atoms with Gasteiger partial charge in [-0.15, -0.1) is 24.0 Å². The van der Waals surface area contributed by atoms with Gasteiger partial charge in [0.2, 0.25) is 0 Å². The second-order valence-electron chi connectivity index (χ2n) is 7.27. The third-order valence-electron chi connectivity index (χ3n) is 4.86. The van der Waals surface area contributed by atoms with E-state index < -0.39 is 17.6 Å². The van der Waals surface area contributed by atoms with Crippen molar-refractivity contribution >= 4 is 29.9 Å². The number of rotatable bonds is 7. The van der Waals surface area contributed by atoms with E-state index in [9.17, 15) is 17.6 Å². The Labute approximate surface area is 207 Å². The minimum atomic E-state index is -4.64. The zero-order valence-electron chi connectivity index (χ0n) is 18.3. The molecule has 1 aromatic heterocycles. The summed E-state index contributed by atoms with van der Waals surface area (Å²) < 4.78 is 55.0. The van der Waals surface area contributed by atoms with Crippen LogP contribution in [0.15, 0.2) is 59.9 Å². The second kappa shape index (κ2) is 12.0. The molecule has 0 fully saturated rings. The van der Waals surface area contributed by atoms with Gasteiger partial charge in [0.1, 0.15) is 11.6 Å². The lowest BCUT2D eigenvalue weighted by Crippen LogP contribution is -2.37. The Bertz CT molecular complexity index is 1080. The molecule has 0 saturated heterocycles. The van der Waals surface area contributed by atoms with Gasteiger partial charge in [-0.25, -0.2) is 14.4 Å². The van der Waals surface area contributed by atoms with Crippen LogP contribution < -0.4 is 10.6 Å². The van der Waals surface area contributed by atoms with Crippen LogP contribution in [-0.4, -0.2) is 22.1 Å². The predicted molar refractivity (Wildman–Crippen MR) is 131 cm³/mol. The average Bonchev–Trinajstić information content (AvgIpc) is 3.14. The molecule has 0 saturated carbocycles. The molecule has 10 heteroatoms. The molecule has 0 spiro atoms. The van der Waals surface area contributed by atoms with Gasteiger partial charge in [0.15, 0.2) is 5.96 Å². The molecule has 33 heavy (non-hydrogen) atoms. The Morgan fingerprint density at radius 2 is 1.85 bits per heavy atom. The Balaban J connectivity index is 0.00000385. The topological polar surface area (TPSA) is 54.2 Å². The Hall–Kier alpha value is -2.63. The second-order valence-corrected chi connectivity index (χ2v) is 7.27. The van der Waals surface area contributed by atoms with Crippen molar-refractivity contribution in [2.45, 2.75) is 39.7 Å². The van der Waals surface area contributed by atoms with Crippen LogP contribution in [0.3, 0.4) is 0 Å². The number of benzene rings is 2. The molecule has 2 N–H and O–H groups in total. The first kappa shape index (κ1) is 26.6. The minimum absolute atomic E-state index is 0. The van der Waals surface area contributed by atoms with E-state index in [1.54, 1.807) is 6.20 Å². The lowest BCUT2D eigenvalue weighted by atomic mass is 10.1. The number of nitrogens with zero attached hydrogens (tertiary/aromatic N) is 3. The number of imidazole rings is 1. The molecule has 0 radical (unpaired) electrons. The third kappa shape index (κ3) is 7.72. The third-order valence-corrected chi connectivity index (χ3v) is 4.86. The van der Waals surface area contributed by atoms with Crippen LogP contribution in [0.2, 0.25) is 0 Å². The molecule has 0 bridgehead atoms. The summed E-state index contributed by atoms with van der Waals surface area (Å²) in [7, 11) is 0. The molecular formula is C23H26F4IN5. The molecule has 5 nitrogen and oxygen atoms in total. The number of aromatic nitrogens is 2. The number of hydrogen-bond acceptors (Lipinski definition) is 2. The van der Waals surface area contributed by atoms with Crippen LogP contribution in [0.1, 0.15) is 35.0 Å². The summed E-state index contributed by atoms with van der Waals surface area (Å²) in [6.45, 7) is 5.24. The van der Waals surface area contributed by atoms with Crippen LogP contribution in [0.5, 0.6) is 0 Å². The standard InChI is InChI=1S/C23H25F4N5.HI/c1-3-28-22(31-14-19-7-8-20(24)12-21(19)23(25,26)27)30-13-17-5-4-6-18(11-17)15-32-10-9-29-16(32)2;/h4-12H,3,13-15H2,1-2H3,(H2,28,30,31);1H. The SMILES string of the molecule is CCNC(=NCc1cccc(Cn2ccnc2C)c1)NCc1ccc(F)cc1C(F)(F)F.I. The molecule has 0 unspecified atom stereocenters. The van der Waals surface area contributed by atoms with E-state index in [2.05, 4.69) is 20.6 Å². The Morgan fingerprint density at radius 1 is 1.09 bits per heavy atom. The summed E-state index contributed by atoms with van der Waals surface area (Å²) in [6.07, 6.45) is -0.968. The fourth-order valence-electron chi connectivity index (χ4n) is 3.25. The fourth-order valence-corrected chi connectivity index (χ4v) is 3.25. The molecule has 2 aromatic carbocycles. The predicted octanol–water partition coefficient (Wildman–Crippen LogP) is 5.27. The van der Waals surface area contributed by atoms with Crippen molar-refractivity contribution in [1.29, 1.82) is 0 Å². The largest absolute Gasteiger partial charge is 0.416 e. The molecule has 0 aliphatic heterocycles. The summed E-state index contributed by atoms with van der Waals surface area (Å²) in [4.78, 5) is 8.70. The monoisotopic (exact) mass is 575 g/mol. The van der Waals surface area contributed by atoms with Crippen LogP contribution in [-0.2, 0) is 25.8 Å². The number of aryl methyl sites for hydroxylation is 1. The zero-order chi connectivity index (χ0) is 23.1. The summed E-state index contributed by atoms with van der Waals surface area (Å²) in [5.41, 5.74) is 1.01. The van der Waals surface area contributed by atoms with Crippen molar-refractivity contribution in [3.05, 3.63) is 88.8 Å². The Kier molecular flexibility index (Phi) is 9.69. The molecule has 3 aromatic rings. The van der Waals surface area contributed by atoms with E-state index in [1.807, 2.05) is 48.9 Å². The van der Waals surface area contributed by atoms with E-state index in [0.717, 1.165) is 29.1 Å². The number of hydrogen-bond donors (Lipinski definition) is 2. The van der Waals surface area contributed by atoms with Gasteiger partial charge in [-0.05, 0) is 42.7 Å². The van der Waals surface area contributed by atoms with Crippen molar-refractivity contribution in [1.82, 2.24) is 20.2 Å². The van der Waals surface area contributed by atoms with Crippen LogP contribution in [0.4, 0.5) is 17.6 Å². The quantitative estimate of drug-likeness (QED) is 0.175. The van der Waals surface area contributed by atoms with Crippen LogP contribution in [0.25, 0.3) is 0 Å². The van der Waals surface area contributed by atoms with E-state index in [1.165, 1.54) is 0 Å². The van der Waals surface area contributed by atoms with Crippen molar-refractivity contribution in [2.24, 2.45) is 4.99 Å². The van der Waals surface area contributed by atoms with Crippen molar-refractivity contribution in [3.63, 3.8) is 0 Å². The fraction of sp³-hybridized carbons (Fsp3) is 0.304. The van der Waals surface area contributed by atoms with Gasteiger partial charge in [0, 0.05) is 32.0 Å². The maximum absolute atomic E-state index is 13.3. The van der Waals surface area contributed by atoms with E-state index in [-0.39, 0.29) is 36.1 Å². The summed E-state index contributed by atoms with van der Waals surface area (Å²) in [5, 5.41) is 5.92. The van der Waals surface area contributed by atoms with Gasteiger partial charge < -0.3 is 15.2 Å². The lowest BCUT2D eigenvalue weighted by molar-refractivity contribution is -0.138. The van der Waals surface area contributed by atoms with Gasteiger partial charge >= 0.3 is 6.18 Å². The molecule has 0 amide bonds. The van der Waals surface area contributed by atoms with Gasteiger partial charge in [-0.2, -0.15) is 13.2 Å². The van der Waals surface area contributed by atoms with Gasteiger partial charge in [0.25, 0.3) is 0 Å². The number of alkyl halides is 3. The summed E-state index contributed by atoms with van der Waals surface area (Å²) in [6, 6.07) is 10.6.